The number of para-hydroxylation sites is 1. The summed E-state index contributed by atoms with van der Waals surface area (Å²) in [4.78, 5) is 38.8. The second-order valence-corrected chi connectivity index (χ2v) is 7.79. The van der Waals surface area contributed by atoms with E-state index in [2.05, 4.69) is 10.6 Å². The monoisotopic (exact) mass is 470 g/mol. The molecule has 0 radical (unpaired) electrons. The average Bonchev–Trinajstić information content (AvgIpc) is 2.85. The van der Waals surface area contributed by atoms with Crippen molar-refractivity contribution in [3.05, 3.63) is 130 Å². The van der Waals surface area contributed by atoms with E-state index in [9.17, 15) is 23.2 Å². The normalized spacial score (nSPS) is 10.5. The molecule has 0 heterocycles. The Morgan fingerprint density at radius 2 is 1.23 bits per heavy atom. The molecule has 2 amide bonds. The average molecular weight is 470 g/mol. The first-order chi connectivity index (χ1) is 16.8. The van der Waals surface area contributed by atoms with Crippen LogP contribution in [0.2, 0.25) is 0 Å². The molecule has 0 spiro atoms. The Kier molecular flexibility index (Phi) is 6.78. The third kappa shape index (κ3) is 5.14. The first-order valence-electron chi connectivity index (χ1n) is 10.7. The Morgan fingerprint density at radius 3 is 1.94 bits per heavy atom. The topological polar surface area (TPSA) is 75.3 Å². The number of halogens is 2. The van der Waals surface area contributed by atoms with Crippen molar-refractivity contribution in [1.29, 1.82) is 0 Å². The van der Waals surface area contributed by atoms with Crippen LogP contribution in [0.25, 0.3) is 0 Å². The predicted octanol–water partition coefficient (Wildman–Crippen LogP) is 6.01. The number of ketones is 1. The van der Waals surface area contributed by atoms with Gasteiger partial charge in [0.15, 0.2) is 5.78 Å². The lowest BCUT2D eigenvalue weighted by Gasteiger charge is -2.14. The van der Waals surface area contributed by atoms with Crippen LogP contribution >= 0.6 is 0 Å². The maximum Gasteiger partial charge on any atom is 0.261 e. The molecule has 0 aromatic heterocycles. The molecule has 5 nitrogen and oxygen atoms in total. The van der Waals surface area contributed by atoms with Gasteiger partial charge in [0.1, 0.15) is 17.2 Å². The lowest BCUT2D eigenvalue weighted by Crippen LogP contribution is -2.20. The van der Waals surface area contributed by atoms with Crippen LogP contribution in [0.15, 0.2) is 91.0 Å². The highest BCUT2D eigenvalue weighted by atomic mass is 19.1. The van der Waals surface area contributed by atoms with E-state index in [0.29, 0.717) is 11.1 Å². The zero-order chi connectivity index (χ0) is 24.9. The van der Waals surface area contributed by atoms with Gasteiger partial charge < -0.3 is 10.6 Å². The fourth-order valence-electron chi connectivity index (χ4n) is 3.58. The molecule has 4 rings (SSSR count). The van der Waals surface area contributed by atoms with Gasteiger partial charge in [-0.25, -0.2) is 8.78 Å². The zero-order valence-corrected chi connectivity index (χ0v) is 18.6. The first-order valence-corrected chi connectivity index (χ1v) is 10.7. The van der Waals surface area contributed by atoms with Crippen LogP contribution in [-0.2, 0) is 0 Å². The Bertz CT molecular complexity index is 1420. The lowest BCUT2D eigenvalue weighted by atomic mass is 9.99. The summed E-state index contributed by atoms with van der Waals surface area (Å²) in [6.07, 6.45) is 0. The number of carbonyl (C=O) groups is 3. The molecule has 0 aliphatic rings. The van der Waals surface area contributed by atoms with E-state index >= 15 is 0 Å². The largest absolute Gasteiger partial charge is 0.321 e. The van der Waals surface area contributed by atoms with E-state index in [1.807, 2.05) is 6.92 Å². The van der Waals surface area contributed by atoms with Gasteiger partial charge in [0.05, 0.1) is 16.9 Å². The maximum atomic E-state index is 14.0. The van der Waals surface area contributed by atoms with E-state index in [1.54, 1.807) is 60.7 Å². The van der Waals surface area contributed by atoms with Gasteiger partial charge in [-0.3, -0.25) is 14.4 Å². The lowest BCUT2D eigenvalue weighted by molar-refractivity contribution is 0.101. The fraction of sp³-hybridized carbons (Fsp3) is 0.0357. The first kappa shape index (κ1) is 23.5. The molecule has 4 aromatic rings. The number of benzene rings is 4. The number of rotatable bonds is 6. The van der Waals surface area contributed by atoms with Gasteiger partial charge in [-0.15, -0.1) is 0 Å². The van der Waals surface area contributed by atoms with Crippen LogP contribution in [0.4, 0.5) is 20.2 Å². The molecule has 4 aromatic carbocycles. The molecular weight excluding hydrogens is 450 g/mol. The van der Waals surface area contributed by atoms with Crippen molar-refractivity contribution in [1.82, 2.24) is 0 Å². The van der Waals surface area contributed by atoms with Crippen LogP contribution in [0, 0.1) is 18.6 Å². The third-order valence-electron chi connectivity index (χ3n) is 5.31. The molecule has 0 bridgehead atoms. The summed E-state index contributed by atoms with van der Waals surface area (Å²) in [5.74, 6) is -3.94. The van der Waals surface area contributed by atoms with E-state index in [4.69, 9.17) is 0 Å². The van der Waals surface area contributed by atoms with Crippen molar-refractivity contribution in [3.8, 4) is 0 Å². The summed E-state index contributed by atoms with van der Waals surface area (Å²) in [6.45, 7) is 1.83. The van der Waals surface area contributed by atoms with E-state index in [-0.39, 0.29) is 22.7 Å². The highest BCUT2D eigenvalue weighted by molar-refractivity contribution is 6.17. The van der Waals surface area contributed by atoms with Crippen LogP contribution in [0.1, 0.15) is 42.2 Å². The summed E-state index contributed by atoms with van der Waals surface area (Å²) in [7, 11) is 0. The fourth-order valence-corrected chi connectivity index (χ4v) is 3.58. The standard InChI is InChI=1S/C28H20F2N2O3/c1-17-14-15-24(20(16-17)26(33)18-8-3-2-4-9-18)31-27(34)19-10-5-6-13-23(19)32-28(35)25-21(29)11-7-12-22(25)30/h2-16H,1H3,(H,31,34)(H,32,35). The van der Waals surface area contributed by atoms with Gasteiger partial charge in [-0.05, 0) is 43.3 Å². The molecule has 35 heavy (non-hydrogen) atoms. The third-order valence-corrected chi connectivity index (χ3v) is 5.31. The summed E-state index contributed by atoms with van der Waals surface area (Å²) < 4.78 is 28.1. The smallest absolute Gasteiger partial charge is 0.261 e. The Labute approximate surface area is 200 Å². The van der Waals surface area contributed by atoms with Crippen LogP contribution in [-0.4, -0.2) is 17.6 Å². The molecule has 0 fully saturated rings. The Hall–Kier alpha value is -4.65. The second kappa shape index (κ2) is 10.1. The molecule has 0 saturated heterocycles. The van der Waals surface area contributed by atoms with Gasteiger partial charge >= 0.3 is 0 Å². The summed E-state index contributed by atoms with van der Waals surface area (Å²) in [6, 6.07) is 22.9. The van der Waals surface area contributed by atoms with E-state index < -0.39 is 29.0 Å². The maximum absolute atomic E-state index is 14.0. The summed E-state index contributed by atoms with van der Waals surface area (Å²) in [5, 5.41) is 5.12. The number of hydrogen-bond acceptors (Lipinski definition) is 3. The van der Waals surface area contributed by atoms with E-state index in [1.165, 1.54) is 12.1 Å². The Balaban J connectivity index is 1.63. The van der Waals surface area contributed by atoms with Crippen LogP contribution < -0.4 is 10.6 Å². The number of nitrogens with one attached hydrogen (secondary N) is 2. The van der Waals surface area contributed by atoms with Crippen molar-refractivity contribution in [2.45, 2.75) is 6.92 Å². The van der Waals surface area contributed by atoms with Crippen molar-refractivity contribution in [3.63, 3.8) is 0 Å². The minimum atomic E-state index is -1.03. The van der Waals surface area contributed by atoms with Gasteiger partial charge in [-0.2, -0.15) is 0 Å². The second-order valence-electron chi connectivity index (χ2n) is 7.79. The number of anilines is 2. The van der Waals surface area contributed by atoms with Gasteiger partial charge in [0, 0.05) is 11.1 Å². The molecular formula is C28H20F2N2O3. The van der Waals surface area contributed by atoms with E-state index in [0.717, 1.165) is 23.8 Å². The Morgan fingerprint density at radius 1 is 0.629 bits per heavy atom. The molecule has 0 aliphatic carbocycles. The molecule has 0 atom stereocenters. The molecule has 2 N–H and O–H groups in total. The van der Waals surface area contributed by atoms with Gasteiger partial charge in [-0.1, -0.05) is 60.2 Å². The number of amides is 2. The van der Waals surface area contributed by atoms with Gasteiger partial charge in [0.25, 0.3) is 11.8 Å². The summed E-state index contributed by atoms with van der Waals surface area (Å²) >= 11 is 0. The molecule has 174 valence electrons. The highest BCUT2D eigenvalue weighted by Gasteiger charge is 2.21. The summed E-state index contributed by atoms with van der Waals surface area (Å²) in [5.41, 5.74) is 1.25. The SMILES string of the molecule is Cc1ccc(NC(=O)c2ccccc2NC(=O)c2c(F)cccc2F)c(C(=O)c2ccccc2)c1. The zero-order valence-electron chi connectivity index (χ0n) is 18.6. The predicted molar refractivity (Wildman–Crippen MR) is 130 cm³/mol. The number of carbonyl (C=O) groups excluding carboxylic acids is 3. The molecule has 7 heteroatoms. The molecule has 0 unspecified atom stereocenters. The highest BCUT2D eigenvalue weighted by Crippen LogP contribution is 2.24. The van der Waals surface area contributed by atoms with Gasteiger partial charge in [0.2, 0.25) is 0 Å². The molecule has 0 aliphatic heterocycles. The van der Waals surface area contributed by atoms with Crippen LogP contribution in [0.5, 0.6) is 0 Å². The van der Waals surface area contributed by atoms with Crippen molar-refractivity contribution in [2.24, 2.45) is 0 Å². The van der Waals surface area contributed by atoms with Crippen molar-refractivity contribution < 1.29 is 23.2 Å². The minimum absolute atomic E-state index is 0.0521. The minimum Gasteiger partial charge on any atom is -0.321 e. The number of aryl methyl sites for hydroxylation is 1. The van der Waals surface area contributed by atoms with Crippen molar-refractivity contribution >= 4 is 29.0 Å². The molecule has 0 saturated carbocycles. The van der Waals surface area contributed by atoms with Crippen molar-refractivity contribution in [2.75, 3.05) is 10.6 Å². The quantitative estimate of drug-likeness (QED) is 0.339. The van der Waals surface area contributed by atoms with Crippen LogP contribution in [0.3, 0.4) is 0 Å². The number of hydrogen-bond donors (Lipinski definition) is 2.